The van der Waals surface area contributed by atoms with E-state index in [9.17, 15) is 9.59 Å². The maximum absolute atomic E-state index is 13.6. The molecule has 6 heteroatoms. The van der Waals surface area contributed by atoms with Crippen molar-refractivity contribution in [2.24, 2.45) is 0 Å². The number of nitrogens with one attached hydrogen (secondary N) is 1. The molecule has 34 heavy (non-hydrogen) atoms. The molecule has 0 heterocycles. The molecule has 178 valence electrons. The second-order valence-electron chi connectivity index (χ2n) is 8.10. The van der Waals surface area contributed by atoms with Crippen LogP contribution in [-0.2, 0) is 22.6 Å². The molecule has 3 aromatic rings. The number of hydrogen-bond donors (Lipinski definition) is 1. The van der Waals surface area contributed by atoms with Crippen molar-refractivity contribution < 1.29 is 9.59 Å². The molecule has 0 fully saturated rings. The SMILES string of the molecule is CCNC(=O)[C@@H](Cc1ccccc1)N(Cc1ccccc1C)C(=O)CCSc1ccc(Cl)cc1. The Hall–Kier alpha value is -2.76. The Morgan fingerprint density at radius 3 is 2.32 bits per heavy atom. The lowest BCUT2D eigenvalue weighted by Gasteiger charge is -2.32. The van der Waals surface area contributed by atoms with E-state index in [2.05, 4.69) is 5.32 Å². The van der Waals surface area contributed by atoms with Gasteiger partial charge in [0.15, 0.2) is 0 Å². The van der Waals surface area contributed by atoms with E-state index in [1.807, 2.05) is 92.7 Å². The van der Waals surface area contributed by atoms with Crippen molar-refractivity contribution in [3.05, 3.63) is 101 Å². The van der Waals surface area contributed by atoms with Gasteiger partial charge in [0.25, 0.3) is 0 Å². The van der Waals surface area contributed by atoms with Crippen LogP contribution in [0.25, 0.3) is 0 Å². The number of carbonyl (C=O) groups is 2. The molecular weight excluding hydrogens is 464 g/mol. The van der Waals surface area contributed by atoms with Gasteiger partial charge in [-0.1, -0.05) is 66.2 Å². The molecule has 0 aliphatic carbocycles. The van der Waals surface area contributed by atoms with E-state index >= 15 is 0 Å². The summed E-state index contributed by atoms with van der Waals surface area (Å²) in [5.41, 5.74) is 3.17. The number of benzene rings is 3. The zero-order valence-corrected chi connectivity index (χ0v) is 21.2. The predicted molar refractivity (Wildman–Crippen MR) is 141 cm³/mol. The third-order valence-corrected chi connectivity index (χ3v) is 6.89. The Kier molecular flexibility index (Phi) is 10.0. The second kappa shape index (κ2) is 13.2. The lowest BCUT2D eigenvalue weighted by atomic mass is 10.0. The van der Waals surface area contributed by atoms with Crippen molar-refractivity contribution in [1.82, 2.24) is 10.2 Å². The molecule has 3 rings (SSSR count). The van der Waals surface area contributed by atoms with Crippen LogP contribution < -0.4 is 5.32 Å². The predicted octanol–water partition coefficient (Wildman–Crippen LogP) is 5.91. The third-order valence-electron chi connectivity index (χ3n) is 5.62. The maximum atomic E-state index is 13.6. The van der Waals surface area contributed by atoms with Crippen molar-refractivity contribution >= 4 is 35.2 Å². The first-order valence-electron chi connectivity index (χ1n) is 11.5. The van der Waals surface area contributed by atoms with Crippen LogP contribution in [0.15, 0.2) is 83.8 Å². The molecule has 0 saturated heterocycles. The average Bonchev–Trinajstić information content (AvgIpc) is 2.84. The highest BCUT2D eigenvalue weighted by molar-refractivity contribution is 7.99. The first-order chi connectivity index (χ1) is 16.5. The van der Waals surface area contributed by atoms with Gasteiger partial charge in [-0.15, -0.1) is 11.8 Å². The molecule has 1 atom stereocenters. The number of hydrogen-bond acceptors (Lipinski definition) is 3. The van der Waals surface area contributed by atoms with Crippen LogP contribution in [0.4, 0.5) is 0 Å². The minimum Gasteiger partial charge on any atom is -0.355 e. The summed E-state index contributed by atoms with van der Waals surface area (Å²) in [5.74, 6) is 0.466. The topological polar surface area (TPSA) is 49.4 Å². The van der Waals surface area contributed by atoms with Gasteiger partial charge >= 0.3 is 0 Å². The van der Waals surface area contributed by atoms with E-state index < -0.39 is 6.04 Å². The molecule has 0 spiro atoms. The number of likely N-dealkylation sites (N-methyl/N-ethyl adjacent to an activating group) is 1. The van der Waals surface area contributed by atoms with Crippen molar-refractivity contribution in [3.8, 4) is 0 Å². The molecular formula is C28H31ClN2O2S. The monoisotopic (exact) mass is 494 g/mol. The van der Waals surface area contributed by atoms with Gasteiger partial charge in [0, 0.05) is 41.6 Å². The molecule has 0 aliphatic rings. The van der Waals surface area contributed by atoms with E-state index in [0.717, 1.165) is 21.6 Å². The molecule has 0 saturated carbocycles. The summed E-state index contributed by atoms with van der Waals surface area (Å²) < 4.78 is 0. The number of aryl methyl sites for hydroxylation is 1. The molecule has 0 aliphatic heterocycles. The number of nitrogens with zero attached hydrogens (tertiary/aromatic N) is 1. The molecule has 0 aromatic heterocycles. The number of thioether (sulfide) groups is 1. The number of rotatable bonds is 11. The summed E-state index contributed by atoms with van der Waals surface area (Å²) in [5, 5.41) is 3.63. The van der Waals surface area contributed by atoms with Crippen LogP contribution in [0.2, 0.25) is 5.02 Å². The highest BCUT2D eigenvalue weighted by Crippen LogP contribution is 2.23. The minimum absolute atomic E-state index is 0.0306. The average molecular weight is 495 g/mol. The Morgan fingerprint density at radius 2 is 1.65 bits per heavy atom. The summed E-state index contributed by atoms with van der Waals surface area (Å²) in [7, 11) is 0. The lowest BCUT2D eigenvalue weighted by molar-refractivity contribution is -0.140. The first-order valence-corrected chi connectivity index (χ1v) is 12.9. The van der Waals surface area contributed by atoms with Crippen LogP contribution in [0.3, 0.4) is 0 Å². The summed E-state index contributed by atoms with van der Waals surface area (Å²) in [6, 6.07) is 24.9. The van der Waals surface area contributed by atoms with Crippen molar-refractivity contribution in [1.29, 1.82) is 0 Å². The van der Waals surface area contributed by atoms with Crippen LogP contribution in [0.5, 0.6) is 0 Å². The zero-order chi connectivity index (χ0) is 24.3. The summed E-state index contributed by atoms with van der Waals surface area (Å²) in [6.07, 6.45) is 0.804. The molecule has 0 radical (unpaired) electrons. The van der Waals surface area contributed by atoms with E-state index in [-0.39, 0.29) is 11.8 Å². The van der Waals surface area contributed by atoms with E-state index in [0.29, 0.717) is 36.7 Å². The second-order valence-corrected chi connectivity index (χ2v) is 9.71. The highest BCUT2D eigenvalue weighted by atomic mass is 35.5. The Bertz CT molecular complexity index is 1070. The third kappa shape index (κ3) is 7.64. The molecule has 1 N–H and O–H groups in total. The fourth-order valence-corrected chi connectivity index (χ4v) is 4.71. The van der Waals surface area contributed by atoms with Crippen LogP contribution >= 0.6 is 23.4 Å². The Morgan fingerprint density at radius 1 is 0.971 bits per heavy atom. The number of carbonyl (C=O) groups excluding carboxylic acids is 2. The number of halogens is 1. The normalized spacial score (nSPS) is 11.6. The quantitative estimate of drug-likeness (QED) is 0.337. The van der Waals surface area contributed by atoms with Gasteiger partial charge in [-0.25, -0.2) is 0 Å². The Balaban J connectivity index is 1.82. The van der Waals surface area contributed by atoms with Gasteiger partial charge < -0.3 is 10.2 Å². The van der Waals surface area contributed by atoms with Crippen LogP contribution in [-0.4, -0.2) is 35.1 Å². The van der Waals surface area contributed by atoms with Crippen molar-refractivity contribution in [3.63, 3.8) is 0 Å². The molecule has 0 bridgehead atoms. The smallest absolute Gasteiger partial charge is 0.243 e. The molecule has 0 unspecified atom stereocenters. The highest BCUT2D eigenvalue weighted by Gasteiger charge is 2.30. The molecule has 3 aromatic carbocycles. The van der Waals surface area contributed by atoms with Gasteiger partial charge in [0.2, 0.25) is 11.8 Å². The van der Waals surface area contributed by atoms with Crippen molar-refractivity contribution in [2.75, 3.05) is 12.3 Å². The summed E-state index contributed by atoms with van der Waals surface area (Å²) in [4.78, 5) is 29.5. The van der Waals surface area contributed by atoms with E-state index in [4.69, 9.17) is 11.6 Å². The van der Waals surface area contributed by atoms with E-state index in [1.165, 1.54) is 0 Å². The van der Waals surface area contributed by atoms with E-state index in [1.54, 1.807) is 16.7 Å². The zero-order valence-electron chi connectivity index (χ0n) is 19.7. The van der Waals surface area contributed by atoms with Gasteiger partial charge in [0.1, 0.15) is 6.04 Å². The van der Waals surface area contributed by atoms with Crippen LogP contribution in [0, 0.1) is 6.92 Å². The largest absolute Gasteiger partial charge is 0.355 e. The number of amides is 2. The van der Waals surface area contributed by atoms with Gasteiger partial charge in [-0.3, -0.25) is 9.59 Å². The first kappa shape index (κ1) is 25.9. The summed E-state index contributed by atoms with van der Waals surface area (Å²) >= 11 is 7.59. The molecule has 4 nitrogen and oxygen atoms in total. The Labute approximate surface area is 211 Å². The standard InChI is InChI=1S/C28H31ClN2O2S/c1-3-30-28(33)26(19-22-10-5-4-6-11-22)31(20-23-12-8-7-9-21(23)2)27(32)17-18-34-25-15-13-24(29)14-16-25/h4-16,26H,3,17-20H2,1-2H3,(H,30,33)/t26-/m1/s1. The van der Waals surface area contributed by atoms with Gasteiger partial charge in [-0.05, 0) is 54.8 Å². The molecule has 2 amide bonds. The van der Waals surface area contributed by atoms with Gasteiger partial charge in [-0.2, -0.15) is 0 Å². The maximum Gasteiger partial charge on any atom is 0.243 e. The minimum atomic E-state index is -0.588. The van der Waals surface area contributed by atoms with Crippen molar-refractivity contribution in [2.45, 2.75) is 44.2 Å². The van der Waals surface area contributed by atoms with Gasteiger partial charge in [0.05, 0.1) is 0 Å². The fourth-order valence-electron chi connectivity index (χ4n) is 3.75. The lowest BCUT2D eigenvalue weighted by Crippen LogP contribution is -2.50. The van der Waals surface area contributed by atoms with Crippen LogP contribution in [0.1, 0.15) is 30.0 Å². The summed E-state index contributed by atoms with van der Waals surface area (Å²) in [6.45, 7) is 4.84. The fraction of sp³-hybridized carbons (Fsp3) is 0.286.